The first-order chi connectivity index (χ1) is 12.0. The van der Waals surface area contributed by atoms with Gasteiger partial charge in [0.25, 0.3) is 5.91 Å². The molecule has 0 atom stereocenters. The van der Waals surface area contributed by atoms with Gasteiger partial charge in [0.2, 0.25) is 0 Å². The van der Waals surface area contributed by atoms with Gasteiger partial charge in [-0.2, -0.15) is 0 Å². The average Bonchev–Trinajstić information content (AvgIpc) is 2.63. The van der Waals surface area contributed by atoms with Gasteiger partial charge in [-0.15, -0.1) is 0 Å². The third-order valence-corrected chi connectivity index (χ3v) is 4.49. The number of nitrogens with zero attached hydrogens (tertiary/aromatic N) is 1. The van der Waals surface area contributed by atoms with E-state index < -0.39 is 11.6 Å². The van der Waals surface area contributed by atoms with Gasteiger partial charge in [0.1, 0.15) is 0 Å². The number of nitrogens with one attached hydrogen (secondary N) is 1. The Morgan fingerprint density at radius 1 is 0.960 bits per heavy atom. The van der Waals surface area contributed by atoms with E-state index in [-0.39, 0.29) is 31.8 Å². The number of benzene rings is 2. The molecule has 2 aromatic carbocycles. The fourth-order valence-electron chi connectivity index (χ4n) is 2.92. The standard InChI is InChI=1S/C19H20N2O4/c22-17(21-12-10-19(25,11-13-21)18(23)24)15-8-4-5-9-16(15)20-14-6-2-1-3-7-14/h1-9,20,25H,10-13H2,(H,23,24). The number of carbonyl (C=O) groups is 2. The summed E-state index contributed by atoms with van der Waals surface area (Å²) in [6.07, 6.45) is 0.0602. The third kappa shape index (κ3) is 3.64. The molecule has 25 heavy (non-hydrogen) atoms. The van der Waals surface area contributed by atoms with Crippen molar-refractivity contribution in [2.45, 2.75) is 18.4 Å². The molecule has 3 rings (SSSR count). The van der Waals surface area contributed by atoms with Crippen molar-refractivity contribution < 1.29 is 19.8 Å². The van der Waals surface area contributed by atoms with Gasteiger partial charge in [-0.3, -0.25) is 4.79 Å². The molecule has 0 unspecified atom stereocenters. The monoisotopic (exact) mass is 340 g/mol. The van der Waals surface area contributed by atoms with Crippen molar-refractivity contribution in [2.75, 3.05) is 18.4 Å². The number of aliphatic hydroxyl groups is 1. The van der Waals surface area contributed by atoms with Crippen molar-refractivity contribution in [3.8, 4) is 0 Å². The van der Waals surface area contributed by atoms with Crippen LogP contribution in [-0.4, -0.2) is 45.7 Å². The van der Waals surface area contributed by atoms with Gasteiger partial charge < -0.3 is 20.4 Å². The quantitative estimate of drug-likeness (QED) is 0.795. The van der Waals surface area contributed by atoms with E-state index in [0.717, 1.165) is 5.69 Å². The number of rotatable bonds is 4. The van der Waals surface area contributed by atoms with E-state index in [0.29, 0.717) is 11.3 Å². The molecular weight excluding hydrogens is 320 g/mol. The van der Waals surface area contributed by atoms with Crippen LogP contribution in [0.4, 0.5) is 11.4 Å². The first kappa shape index (κ1) is 17.0. The van der Waals surface area contributed by atoms with E-state index in [1.807, 2.05) is 42.5 Å². The summed E-state index contributed by atoms with van der Waals surface area (Å²) in [5.41, 5.74) is 0.352. The lowest BCUT2D eigenvalue weighted by molar-refractivity contribution is -0.162. The number of hydrogen-bond donors (Lipinski definition) is 3. The molecule has 1 aliphatic heterocycles. The number of carbonyl (C=O) groups excluding carboxylic acids is 1. The number of piperidine rings is 1. The van der Waals surface area contributed by atoms with Crippen molar-refractivity contribution in [3.05, 3.63) is 60.2 Å². The molecule has 6 heteroatoms. The smallest absolute Gasteiger partial charge is 0.335 e. The molecule has 0 radical (unpaired) electrons. The lowest BCUT2D eigenvalue weighted by atomic mass is 9.91. The topological polar surface area (TPSA) is 89.9 Å². The normalized spacial score (nSPS) is 16.3. The van der Waals surface area contributed by atoms with Gasteiger partial charge in [-0.1, -0.05) is 30.3 Å². The second-order valence-electron chi connectivity index (χ2n) is 6.17. The Morgan fingerprint density at radius 2 is 1.56 bits per heavy atom. The lowest BCUT2D eigenvalue weighted by Gasteiger charge is -2.35. The first-order valence-corrected chi connectivity index (χ1v) is 8.16. The molecule has 0 aromatic heterocycles. The predicted octanol–water partition coefficient (Wildman–Crippen LogP) is 2.48. The number of likely N-dealkylation sites (tertiary alicyclic amines) is 1. The highest BCUT2D eigenvalue weighted by Gasteiger charge is 2.40. The highest BCUT2D eigenvalue weighted by Crippen LogP contribution is 2.26. The minimum Gasteiger partial charge on any atom is -0.479 e. The zero-order valence-electron chi connectivity index (χ0n) is 13.7. The van der Waals surface area contributed by atoms with Crippen LogP contribution in [0.3, 0.4) is 0 Å². The number of anilines is 2. The minimum absolute atomic E-state index is 0.0301. The number of carboxylic acids is 1. The molecule has 0 spiro atoms. The van der Waals surface area contributed by atoms with Crippen molar-refractivity contribution in [3.63, 3.8) is 0 Å². The Morgan fingerprint density at radius 3 is 2.20 bits per heavy atom. The van der Waals surface area contributed by atoms with Crippen LogP contribution < -0.4 is 5.32 Å². The minimum atomic E-state index is -1.74. The van der Waals surface area contributed by atoms with Gasteiger partial charge in [-0.25, -0.2) is 4.79 Å². The summed E-state index contributed by atoms with van der Waals surface area (Å²) in [5, 5.41) is 22.3. The molecule has 1 fully saturated rings. The molecule has 130 valence electrons. The van der Waals surface area contributed by atoms with E-state index >= 15 is 0 Å². The van der Waals surface area contributed by atoms with Crippen LogP contribution >= 0.6 is 0 Å². The van der Waals surface area contributed by atoms with Crippen LogP contribution in [0.5, 0.6) is 0 Å². The van der Waals surface area contributed by atoms with Crippen molar-refractivity contribution in [1.29, 1.82) is 0 Å². The average molecular weight is 340 g/mol. The van der Waals surface area contributed by atoms with Crippen LogP contribution in [0.25, 0.3) is 0 Å². The zero-order valence-corrected chi connectivity index (χ0v) is 13.7. The summed E-state index contributed by atoms with van der Waals surface area (Å²) in [6, 6.07) is 16.8. The highest BCUT2D eigenvalue weighted by atomic mass is 16.4. The lowest BCUT2D eigenvalue weighted by Crippen LogP contribution is -2.50. The molecule has 0 bridgehead atoms. The van der Waals surface area contributed by atoms with Crippen molar-refractivity contribution >= 4 is 23.3 Å². The molecule has 6 nitrogen and oxygen atoms in total. The van der Waals surface area contributed by atoms with E-state index in [1.165, 1.54) is 0 Å². The van der Waals surface area contributed by atoms with Gasteiger partial charge in [0.15, 0.2) is 5.60 Å². The summed E-state index contributed by atoms with van der Waals surface area (Å²) in [7, 11) is 0. The Kier molecular flexibility index (Phi) is 4.72. The van der Waals surface area contributed by atoms with Gasteiger partial charge >= 0.3 is 5.97 Å². The Bertz CT molecular complexity index is 768. The van der Waals surface area contributed by atoms with Crippen LogP contribution in [0, 0.1) is 0 Å². The van der Waals surface area contributed by atoms with E-state index in [9.17, 15) is 14.7 Å². The molecular formula is C19H20N2O4. The SMILES string of the molecule is O=C(c1ccccc1Nc1ccccc1)N1CCC(O)(C(=O)O)CC1. The van der Waals surface area contributed by atoms with E-state index in [1.54, 1.807) is 17.0 Å². The van der Waals surface area contributed by atoms with Crippen LogP contribution in [0.2, 0.25) is 0 Å². The third-order valence-electron chi connectivity index (χ3n) is 4.49. The Labute approximate surface area is 145 Å². The molecule has 1 amide bonds. The van der Waals surface area contributed by atoms with Crippen molar-refractivity contribution in [1.82, 2.24) is 4.90 Å². The summed E-state index contributed by atoms with van der Waals surface area (Å²) in [6.45, 7) is 0.419. The van der Waals surface area contributed by atoms with E-state index in [4.69, 9.17) is 5.11 Å². The molecule has 0 aliphatic carbocycles. The number of amides is 1. The van der Waals surface area contributed by atoms with Crippen molar-refractivity contribution in [2.24, 2.45) is 0 Å². The van der Waals surface area contributed by atoms with Crippen LogP contribution in [0.15, 0.2) is 54.6 Å². The van der Waals surface area contributed by atoms with Crippen LogP contribution in [0.1, 0.15) is 23.2 Å². The Hall–Kier alpha value is -2.86. The predicted molar refractivity (Wildman–Crippen MR) is 93.9 cm³/mol. The first-order valence-electron chi connectivity index (χ1n) is 8.16. The summed E-state index contributed by atoms with van der Waals surface area (Å²) in [5.74, 6) is -1.41. The van der Waals surface area contributed by atoms with Gasteiger partial charge in [0, 0.05) is 31.6 Å². The van der Waals surface area contributed by atoms with Gasteiger partial charge in [-0.05, 0) is 24.3 Å². The van der Waals surface area contributed by atoms with Gasteiger partial charge in [0.05, 0.1) is 11.3 Å². The summed E-state index contributed by atoms with van der Waals surface area (Å²) >= 11 is 0. The molecule has 0 saturated carbocycles. The maximum atomic E-state index is 12.8. The zero-order chi connectivity index (χ0) is 17.9. The summed E-state index contributed by atoms with van der Waals surface area (Å²) < 4.78 is 0. The second-order valence-corrected chi connectivity index (χ2v) is 6.17. The van der Waals surface area contributed by atoms with E-state index in [2.05, 4.69) is 5.32 Å². The number of hydrogen-bond acceptors (Lipinski definition) is 4. The molecule has 1 aliphatic rings. The molecule has 1 heterocycles. The highest BCUT2D eigenvalue weighted by molar-refractivity contribution is 6.00. The Balaban J connectivity index is 1.76. The molecule has 1 saturated heterocycles. The fourth-order valence-corrected chi connectivity index (χ4v) is 2.92. The number of carboxylic acid groups (broad SMARTS) is 1. The second kappa shape index (κ2) is 6.94. The molecule has 2 aromatic rings. The number of para-hydroxylation sites is 2. The summed E-state index contributed by atoms with van der Waals surface area (Å²) in [4.78, 5) is 25.6. The maximum absolute atomic E-state index is 12.8. The maximum Gasteiger partial charge on any atom is 0.335 e. The molecule has 3 N–H and O–H groups in total. The van der Waals surface area contributed by atoms with Crippen LogP contribution in [-0.2, 0) is 4.79 Å². The number of aliphatic carboxylic acids is 1. The fraction of sp³-hybridized carbons (Fsp3) is 0.263. The largest absolute Gasteiger partial charge is 0.479 e.